The largest absolute Gasteiger partial charge is 0.507 e. The Labute approximate surface area is 164 Å². The third kappa shape index (κ3) is 3.63. The molecule has 0 aliphatic heterocycles. The number of hydrogen-bond acceptors (Lipinski definition) is 2. The summed E-state index contributed by atoms with van der Waals surface area (Å²) in [7, 11) is 0. The molecule has 25 heavy (non-hydrogen) atoms. The molecule has 0 saturated carbocycles. The molecule has 3 aromatic carbocycles. The van der Waals surface area contributed by atoms with E-state index in [1.807, 2.05) is 0 Å². The maximum atomic E-state index is 11.4. The topological polar surface area (TPSA) is 37.3 Å². The SMILES string of the molecule is O=Cc1cc(-c2ccc(Cl)c(Cl)c2)cc(-c2ccc(Cl)c(Cl)c2)c1O. The maximum absolute atomic E-state index is 11.4. The van der Waals surface area contributed by atoms with Crippen LogP contribution in [-0.2, 0) is 0 Å². The highest BCUT2D eigenvalue weighted by molar-refractivity contribution is 6.42. The summed E-state index contributed by atoms with van der Waals surface area (Å²) >= 11 is 24.1. The zero-order chi connectivity index (χ0) is 18.1. The highest BCUT2D eigenvalue weighted by Gasteiger charge is 2.14. The summed E-state index contributed by atoms with van der Waals surface area (Å²) in [6.07, 6.45) is 0.595. The fourth-order valence-electron chi connectivity index (χ4n) is 2.47. The number of carbonyl (C=O) groups excluding carboxylic acids is 1. The van der Waals surface area contributed by atoms with Crippen LogP contribution in [0.1, 0.15) is 10.4 Å². The first kappa shape index (κ1) is 18.1. The van der Waals surface area contributed by atoms with Gasteiger partial charge in [-0.15, -0.1) is 0 Å². The molecule has 0 heterocycles. The minimum atomic E-state index is -0.128. The van der Waals surface area contributed by atoms with E-state index in [9.17, 15) is 9.90 Å². The van der Waals surface area contributed by atoms with Gasteiger partial charge in [-0.2, -0.15) is 0 Å². The molecule has 6 heteroatoms. The monoisotopic (exact) mass is 410 g/mol. The lowest BCUT2D eigenvalue weighted by Crippen LogP contribution is -1.90. The van der Waals surface area contributed by atoms with E-state index >= 15 is 0 Å². The Morgan fingerprint density at radius 3 is 1.80 bits per heavy atom. The van der Waals surface area contributed by atoms with Crippen molar-refractivity contribution in [3.05, 3.63) is 74.2 Å². The lowest BCUT2D eigenvalue weighted by Gasteiger charge is -2.12. The summed E-state index contributed by atoms with van der Waals surface area (Å²) in [6, 6.07) is 13.5. The molecule has 0 aliphatic carbocycles. The van der Waals surface area contributed by atoms with Gasteiger partial charge >= 0.3 is 0 Å². The van der Waals surface area contributed by atoms with Crippen LogP contribution < -0.4 is 0 Å². The number of benzene rings is 3. The number of rotatable bonds is 3. The summed E-state index contributed by atoms with van der Waals surface area (Å²) in [6.45, 7) is 0. The van der Waals surface area contributed by atoms with Crippen molar-refractivity contribution in [3.8, 4) is 28.0 Å². The second kappa shape index (κ2) is 7.27. The minimum Gasteiger partial charge on any atom is -0.507 e. The molecule has 3 rings (SSSR count). The summed E-state index contributed by atoms with van der Waals surface area (Å²) in [4.78, 5) is 11.4. The first-order valence-electron chi connectivity index (χ1n) is 7.13. The number of hydrogen-bond donors (Lipinski definition) is 1. The smallest absolute Gasteiger partial charge is 0.153 e. The second-order valence-corrected chi connectivity index (χ2v) is 6.97. The zero-order valence-corrected chi connectivity index (χ0v) is 15.6. The van der Waals surface area contributed by atoms with Crippen LogP contribution in [0.5, 0.6) is 5.75 Å². The van der Waals surface area contributed by atoms with Crippen molar-refractivity contribution in [2.24, 2.45) is 0 Å². The van der Waals surface area contributed by atoms with Gasteiger partial charge in [0.25, 0.3) is 0 Å². The van der Waals surface area contributed by atoms with Gasteiger partial charge in [0.15, 0.2) is 6.29 Å². The molecule has 0 amide bonds. The number of phenolic OH excluding ortho intramolecular Hbond substituents is 1. The van der Waals surface area contributed by atoms with E-state index in [2.05, 4.69) is 0 Å². The second-order valence-electron chi connectivity index (χ2n) is 5.34. The van der Waals surface area contributed by atoms with Gasteiger partial charge in [-0.25, -0.2) is 0 Å². The predicted octanol–water partition coefficient (Wildman–Crippen LogP) is 7.15. The predicted molar refractivity (Wildman–Crippen MR) is 104 cm³/mol. The van der Waals surface area contributed by atoms with Crippen LogP contribution in [-0.4, -0.2) is 11.4 Å². The van der Waals surface area contributed by atoms with Crippen LogP contribution in [0.25, 0.3) is 22.3 Å². The maximum Gasteiger partial charge on any atom is 0.153 e. The zero-order valence-electron chi connectivity index (χ0n) is 12.6. The van der Waals surface area contributed by atoms with Crippen LogP contribution in [0.4, 0.5) is 0 Å². The fourth-order valence-corrected chi connectivity index (χ4v) is 3.07. The number of phenols is 1. The molecular weight excluding hydrogens is 402 g/mol. The van der Waals surface area contributed by atoms with Crippen LogP contribution >= 0.6 is 46.4 Å². The van der Waals surface area contributed by atoms with E-state index in [0.29, 0.717) is 43.1 Å². The van der Waals surface area contributed by atoms with Crippen molar-refractivity contribution in [2.45, 2.75) is 0 Å². The molecule has 2 nitrogen and oxygen atoms in total. The van der Waals surface area contributed by atoms with Gasteiger partial charge in [0.2, 0.25) is 0 Å². The molecule has 0 bridgehead atoms. The van der Waals surface area contributed by atoms with E-state index in [-0.39, 0.29) is 11.3 Å². The van der Waals surface area contributed by atoms with Gasteiger partial charge in [0, 0.05) is 5.56 Å². The molecule has 0 aromatic heterocycles. The molecule has 0 atom stereocenters. The van der Waals surface area contributed by atoms with Gasteiger partial charge in [-0.1, -0.05) is 58.5 Å². The van der Waals surface area contributed by atoms with Crippen LogP contribution in [0.3, 0.4) is 0 Å². The molecule has 0 unspecified atom stereocenters. The quantitative estimate of drug-likeness (QED) is 0.464. The molecule has 0 radical (unpaired) electrons. The molecule has 126 valence electrons. The average Bonchev–Trinajstić information content (AvgIpc) is 2.60. The number of aldehydes is 1. The average molecular weight is 412 g/mol. The lowest BCUT2D eigenvalue weighted by atomic mass is 9.95. The lowest BCUT2D eigenvalue weighted by molar-refractivity contribution is 0.112. The molecule has 3 aromatic rings. The first-order valence-corrected chi connectivity index (χ1v) is 8.65. The van der Waals surface area contributed by atoms with Crippen molar-refractivity contribution in [1.82, 2.24) is 0 Å². The van der Waals surface area contributed by atoms with Gasteiger partial charge in [0.05, 0.1) is 25.7 Å². The van der Waals surface area contributed by atoms with Gasteiger partial charge in [0.1, 0.15) is 5.75 Å². The Morgan fingerprint density at radius 1 is 0.680 bits per heavy atom. The third-order valence-electron chi connectivity index (χ3n) is 3.75. The molecule has 0 fully saturated rings. The Bertz CT molecular complexity index is 983. The van der Waals surface area contributed by atoms with E-state index < -0.39 is 0 Å². The minimum absolute atomic E-state index is 0.128. The fraction of sp³-hybridized carbons (Fsp3) is 0. The summed E-state index contributed by atoms with van der Waals surface area (Å²) in [5, 5.41) is 12.0. The molecular formula is C19H10Cl4O2. The van der Waals surface area contributed by atoms with Crippen LogP contribution in [0, 0.1) is 0 Å². The van der Waals surface area contributed by atoms with Gasteiger partial charge < -0.3 is 5.11 Å². The summed E-state index contributed by atoms with van der Waals surface area (Å²) < 4.78 is 0. The molecule has 0 spiro atoms. The Morgan fingerprint density at radius 2 is 1.24 bits per heavy atom. The summed E-state index contributed by atoms with van der Waals surface area (Å²) in [5.74, 6) is -0.128. The molecule has 1 N–H and O–H groups in total. The number of halogens is 4. The van der Waals surface area contributed by atoms with Crippen molar-refractivity contribution < 1.29 is 9.90 Å². The van der Waals surface area contributed by atoms with Crippen LogP contribution in [0.2, 0.25) is 20.1 Å². The highest BCUT2D eigenvalue weighted by atomic mass is 35.5. The summed E-state index contributed by atoms with van der Waals surface area (Å²) in [5.41, 5.74) is 2.73. The van der Waals surface area contributed by atoms with Crippen molar-refractivity contribution in [3.63, 3.8) is 0 Å². The Kier molecular flexibility index (Phi) is 5.26. The van der Waals surface area contributed by atoms with E-state index in [0.717, 1.165) is 5.56 Å². The Hall–Kier alpha value is -1.71. The first-order chi connectivity index (χ1) is 11.9. The van der Waals surface area contributed by atoms with Gasteiger partial charge in [-0.05, 0) is 53.1 Å². The van der Waals surface area contributed by atoms with Crippen molar-refractivity contribution in [1.29, 1.82) is 0 Å². The normalized spacial score (nSPS) is 10.7. The van der Waals surface area contributed by atoms with E-state index in [1.165, 1.54) is 0 Å². The number of carbonyl (C=O) groups is 1. The van der Waals surface area contributed by atoms with Crippen LogP contribution in [0.15, 0.2) is 48.5 Å². The number of aromatic hydroxyl groups is 1. The van der Waals surface area contributed by atoms with Crippen molar-refractivity contribution >= 4 is 52.7 Å². The Balaban J connectivity index is 2.23. The standard InChI is InChI=1S/C19H10Cl4O2/c20-15-3-1-10(7-17(15)22)12-5-13(9-24)19(25)14(6-12)11-2-4-16(21)18(23)8-11/h1-9,25H. The van der Waals surface area contributed by atoms with E-state index in [4.69, 9.17) is 46.4 Å². The molecule has 0 saturated heterocycles. The highest BCUT2D eigenvalue weighted by Crippen LogP contribution is 2.39. The van der Waals surface area contributed by atoms with E-state index in [1.54, 1.807) is 48.5 Å². The third-order valence-corrected chi connectivity index (χ3v) is 5.23. The van der Waals surface area contributed by atoms with Crippen molar-refractivity contribution in [2.75, 3.05) is 0 Å². The molecule has 0 aliphatic rings. The van der Waals surface area contributed by atoms with Gasteiger partial charge in [-0.3, -0.25) is 4.79 Å².